The van der Waals surface area contributed by atoms with Crippen LogP contribution in [0.5, 0.6) is 0 Å². The van der Waals surface area contributed by atoms with Crippen LogP contribution in [0.4, 0.5) is 17.1 Å². The fourth-order valence-electron chi connectivity index (χ4n) is 5.58. The highest BCUT2D eigenvalue weighted by atomic mass is 79.9. The molecule has 0 unspecified atom stereocenters. The van der Waals surface area contributed by atoms with Crippen molar-refractivity contribution in [3.63, 3.8) is 0 Å². The Morgan fingerprint density at radius 1 is 0.592 bits per heavy atom. The number of para-hydroxylation sites is 2. The average Bonchev–Trinajstić information content (AvgIpc) is 3.10. The fourth-order valence-corrected chi connectivity index (χ4v) is 6.38. The first-order chi connectivity index (χ1) is 23.7. The van der Waals surface area contributed by atoms with Crippen molar-refractivity contribution in [2.45, 2.75) is 0 Å². The predicted molar refractivity (Wildman–Crippen MR) is 199 cm³/mol. The highest BCUT2D eigenvalue weighted by Gasteiger charge is 2.22. The Hall–Kier alpha value is -5.78. The summed E-state index contributed by atoms with van der Waals surface area (Å²) in [6.45, 7) is 0. The maximum absolute atomic E-state index is 13.9. The molecule has 0 radical (unpaired) electrons. The zero-order valence-corrected chi connectivity index (χ0v) is 28.5. The van der Waals surface area contributed by atoms with Crippen molar-refractivity contribution >= 4 is 82.5 Å². The highest BCUT2D eigenvalue weighted by molar-refractivity contribution is 9.10. The first-order valence-corrected chi connectivity index (χ1v) is 16.5. The molecular formula is C38H23Br2N5O4. The van der Waals surface area contributed by atoms with Gasteiger partial charge in [0.1, 0.15) is 5.69 Å². The van der Waals surface area contributed by atoms with Gasteiger partial charge in [0.2, 0.25) is 0 Å². The summed E-state index contributed by atoms with van der Waals surface area (Å²) >= 11 is 6.98. The number of hydrogen-bond donors (Lipinski definition) is 2. The number of carbonyl (C=O) groups excluding carboxylic acids is 2. The van der Waals surface area contributed by atoms with Crippen molar-refractivity contribution in [3.8, 4) is 22.5 Å². The van der Waals surface area contributed by atoms with E-state index in [9.17, 15) is 19.7 Å². The number of nitro groups is 1. The quantitative estimate of drug-likeness (QED) is 0.123. The van der Waals surface area contributed by atoms with Crippen LogP contribution in [0.25, 0.3) is 44.3 Å². The molecule has 0 saturated heterocycles. The second-order valence-corrected chi connectivity index (χ2v) is 12.9. The van der Waals surface area contributed by atoms with Gasteiger partial charge in [0.05, 0.1) is 38.5 Å². The van der Waals surface area contributed by atoms with E-state index in [1.165, 1.54) is 18.2 Å². The van der Waals surface area contributed by atoms with Crippen LogP contribution < -0.4 is 10.6 Å². The SMILES string of the molecule is O=C(Nc1ccc([N+](=O)[O-])c(NC(=O)c2cc(-c3cccc(Br)c3)nc3ccccc23)c1)c1cc(-c2cccc(Br)c2)nc2ccccc12. The summed E-state index contributed by atoms with van der Waals surface area (Å²) in [5.41, 5.74) is 4.50. The number of rotatable bonds is 7. The van der Waals surface area contributed by atoms with E-state index in [0.717, 1.165) is 20.1 Å². The van der Waals surface area contributed by atoms with E-state index in [1.807, 2.05) is 78.9 Å². The minimum Gasteiger partial charge on any atom is -0.322 e. The topological polar surface area (TPSA) is 127 Å². The number of carbonyl (C=O) groups is 2. The molecule has 2 heterocycles. The number of nitrogens with zero attached hydrogens (tertiary/aromatic N) is 3. The summed E-state index contributed by atoms with van der Waals surface area (Å²) < 4.78 is 1.72. The minimum absolute atomic E-state index is 0.0767. The third-order valence-corrected chi connectivity index (χ3v) is 8.85. The Labute approximate surface area is 296 Å². The number of aromatic nitrogens is 2. The molecule has 11 heteroatoms. The van der Waals surface area contributed by atoms with E-state index in [1.54, 1.807) is 30.3 Å². The Morgan fingerprint density at radius 3 is 1.61 bits per heavy atom. The molecular weight excluding hydrogens is 750 g/mol. The first-order valence-electron chi connectivity index (χ1n) is 15.0. The molecule has 0 bridgehead atoms. The number of anilines is 2. The fraction of sp³-hybridized carbons (Fsp3) is 0. The van der Waals surface area contributed by atoms with Crippen molar-refractivity contribution in [2.24, 2.45) is 0 Å². The standard InChI is InChI=1S/C38H23Br2N5O4/c39-24-9-5-7-22(17-24)33-20-29(27-11-1-3-13-31(27)42-33)37(46)41-26-15-16-36(45(48)49)35(19-26)44-38(47)30-21-34(23-8-6-10-25(40)18-23)43-32-14-4-2-12-28(30)32/h1-21H,(H,41,46)(H,44,47). The third kappa shape index (κ3) is 6.67. The van der Waals surface area contributed by atoms with Gasteiger partial charge in [-0.25, -0.2) is 9.97 Å². The highest BCUT2D eigenvalue weighted by Crippen LogP contribution is 2.32. The van der Waals surface area contributed by atoms with Crippen molar-refractivity contribution in [1.29, 1.82) is 0 Å². The summed E-state index contributed by atoms with van der Waals surface area (Å²) in [6, 6.07) is 37.1. The first kappa shape index (κ1) is 31.8. The van der Waals surface area contributed by atoms with Crippen LogP contribution in [0.15, 0.2) is 136 Å². The molecule has 7 aromatic rings. The largest absolute Gasteiger partial charge is 0.322 e. The van der Waals surface area contributed by atoms with Crippen LogP contribution >= 0.6 is 31.9 Å². The second-order valence-electron chi connectivity index (χ2n) is 11.1. The van der Waals surface area contributed by atoms with Gasteiger partial charge in [-0.1, -0.05) is 92.5 Å². The molecule has 0 fully saturated rings. The van der Waals surface area contributed by atoms with Gasteiger partial charge in [0, 0.05) is 42.6 Å². The van der Waals surface area contributed by atoms with Gasteiger partial charge >= 0.3 is 0 Å². The number of nitro benzene ring substituents is 1. The molecule has 238 valence electrons. The van der Waals surface area contributed by atoms with E-state index in [-0.39, 0.29) is 22.6 Å². The van der Waals surface area contributed by atoms with E-state index >= 15 is 0 Å². The number of benzene rings is 5. The number of halogens is 2. The minimum atomic E-state index is -0.584. The summed E-state index contributed by atoms with van der Waals surface area (Å²) in [4.78, 5) is 48.7. The predicted octanol–water partition coefficient (Wildman–Crippen LogP) is 10.1. The van der Waals surface area contributed by atoms with Gasteiger partial charge in [0.25, 0.3) is 17.5 Å². The van der Waals surface area contributed by atoms with Gasteiger partial charge in [-0.05, 0) is 60.7 Å². The summed E-state index contributed by atoms with van der Waals surface area (Å²) in [6.07, 6.45) is 0. The van der Waals surface area contributed by atoms with Gasteiger partial charge in [-0.15, -0.1) is 0 Å². The Bertz CT molecular complexity index is 2470. The third-order valence-electron chi connectivity index (χ3n) is 7.86. The number of pyridine rings is 2. The molecule has 0 spiro atoms. The molecule has 2 amide bonds. The van der Waals surface area contributed by atoms with Crippen molar-refractivity contribution in [2.75, 3.05) is 10.6 Å². The Balaban J connectivity index is 1.24. The molecule has 0 saturated carbocycles. The summed E-state index contributed by atoms with van der Waals surface area (Å²) in [5, 5.41) is 18.9. The molecule has 9 nitrogen and oxygen atoms in total. The molecule has 0 aliphatic carbocycles. The zero-order chi connectivity index (χ0) is 34.1. The zero-order valence-electron chi connectivity index (χ0n) is 25.4. The van der Waals surface area contributed by atoms with Gasteiger partial charge in [-0.3, -0.25) is 19.7 Å². The van der Waals surface area contributed by atoms with E-state index < -0.39 is 16.7 Å². The summed E-state index contributed by atoms with van der Waals surface area (Å²) in [5.74, 6) is -1.01. The number of nitrogens with one attached hydrogen (secondary N) is 2. The van der Waals surface area contributed by atoms with Gasteiger partial charge < -0.3 is 10.6 Å². The average molecular weight is 773 g/mol. The lowest BCUT2D eigenvalue weighted by molar-refractivity contribution is -0.383. The number of fused-ring (bicyclic) bond motifs is 2. The van der Waals surface area contributed by atoms with Crippen LogP contribution in [-0.2, 0) is 0 Å². The number of hydrogen-bond acceptors (Lipinski definition) is 6. The van der Waals surface area contributed by atoms with E-state index in [2.05, 4.69) is 42.5 Å². The maximum Gasteiger partial charge on any atom is 0.292 e. The Morgan fingerprint density at radius 2 is 1.10 bits per heavy atom. The Kier molecular flexibility index (Phi) is 8.68. The lowest BCUT2D eigenvalue weighted by Crippen LogP contribution is -2.16. The smallest absolute Gasteiger partial charge is 0.292 e. The summed E-state index contributed by atoms with van der Waals surface area (Å²) in [7, 11) is 0. The molecule has 0 aliphatic rings. The molecule has 5 aromatic carbocycles. The number of amides is 2. The second kappa shape index (κ2) is 13.4. The molecule has 7 rings (SSSR count). The van der Waals surface area contributed by atoms with Crippen molar-refractivity contribution < 1.29 is 14.5 Å². The monoisotopic (exact) mass is 771 g/mol. The molecule has 49 heavy (non-hydrogen) atoms. The lowest BCUT2D eigenvalue weighted by atomic mass is 10.0. The molecule has 2 N–H and O–H groups in total. The van der Waals surface area contributed by atoms with Gasteiger partial charge in [0.15, 0.2) is 0 Å². The molecule has 0 atom stereocenters. The van der Waals surface area contributed by atoms with Crippen molar-refractivity contribution in [1.82, 2.24) is 9.97 Å². The van der Waals surface area contributed by atoms with E-state index in [0.29, 0.717) is 38.8 Å². The molecule has 2 aromatic heterocycles. The normalized spacial score (nSPS) is 11.0. The van der Waals surface area contributed by atoms with E-state index in [4.69, 9.17) is 9.97 Å². The maximum atomic E-state index is 13.9. The van der Waals surface area contributed by atoms with Crippen LogP contribution in [0.3, 0.4) is 0 Å². The van der Waals surface area contributed by atoms with Crippen LogP contribution in [0.1, 0.15) is 20.7 Å². The van der Waals surface area contributed by atoms with Crippen LogP contribution in [0, 0.1) is 10.1 Å². The lowest BCUT2D eigenvalue weighted by Gasteiger charge is -2.13. The van der Waals surface area contributed by atoms with Crippen LogP contribution in [0.2, 0.25) is 0 Å². The van der Waals surface area contributed by atoms with Gasteiger partial charge in [-0.2, -0.15) is 0 Å². The van der Waals surface area contributed by atoms with Crippen molar-refractivity contribution in [3.05, 3.63) is 158 Å². The molecule has 0 aliphatic heterocycles. The van der Waals surface area contributed by atoms with Crippen LogP contribution in [-0.4, -0.2) is 26.7 Å².